The summed E-state index contributed by atoms with van der Waals surface area (Å²) in [5, 5.41) is 0. The second kappa shape index (κ2) is 4.42. The van der Waals surface area contributed by atoms with Crippen molar-refractivity contribution in [3.8, 4) is 0 Å². The Morgan fingerprint density at radius 1 is 1.62 bits per heavy atom. The number of nitrogens with two attached hydrogens (primary N) is 1. The number of hydrogen-bond donors (Lipinski definition) is 1. The summed E-state index contributed by atoms with van der Waals surface area (Å²) >= 11 is 3.32. The molecule has 1 unspecified atom stereocenters. The summed E-state index contributed by atoms with van der Waals surface area (Å²) in [5.41, 5.74) is 7.54. The summed E-state index contributed by atoms with van der Waals surface area (Å²) in [7, 11) is 0. The Hall–Kier alpha value is -0.830. The van der Waals surface area contributed by atoms with Crippen LogP contribution in [0.25, 0.3) is 0 Å². The fourth-order valence-corrected chi connectivity index (χ4v) is 1.40. The topological polar surface area (TPSA) is 43.1 Å². The quantitative estimate of drug-likeness (QED) is 0.654. The molecule has 0 bridgehead atoms. The molecule has 3 heteroatoms. The molecule has 1 aromatic carbocycles. The van der Waals surface area contributed by atoms with Gasteiger partial charge in [-0.05, 0) is 39.5 Å². The van der Waals surface area contributed by atoms with Crippen LogP contribution in [0.15, 0.2) is 22.7 Å². The molecule has 1 aromatic rings. The minimum absolute atomic E-state index is 0.243. The number of benzene rings is 1. The van der Waals surface area contributed by atoms with Crippen LogP contribution < -0.4 is 5.73 Å². The lowest BCUT2D eigenvalue weighted by Gasteiger charge is -2.09. The zero-order valence-electron chi connectivity index (χ0n) is 7.46. The van der Waals surface area contributed by atoms with Crippen LogP contribution in [-0.4, -0.2) is 6.29 Å². The van der Waals surface area contributed by atoms with E-state index >= 15 is 0 Å². The molecule has 2 nitrogen and oxygen atoms in total. The van der Waals surface area contributed by atoms with Gasteiger partial charge in [-0.2, -0.15) is 0 Å². The predicted octanol–water partition coefficient (Wildman–Crippen LogP) is 2.72. The van der Waals surface area contributed by atoms with Crippen LogP contribution in [-0.2, 0) is 4.79 Å². The van der Waals surface area contributed by atoms with E-state index in [9.17, 15) is 4.79 Å². The summed E-state index contributed by atoms with van der Waals surface area (Å²) in [5.74, 6) is 0.243. The Morgan fingerprint density at radius 3 is 2.85 bits per heavy atom. The van der Waals surface area contributed by atoms with Crippen molar-refractivity contribution in [2.24, 2.45) is 0 Å². The minimum Gasteiger partial charge on any atom is -0.398 e. The van der Waals surface area contributed by atoms with Crippen molar-refractivity contribution in [3.05, 3.63) is 28.2 Å². The fraction of sp³-hybridized carbons (Fsp3) is 0.300. The molecule has 0 aliphatic rings. The standard InChI is InChI=1S/C10H12BrNO/c1-7(4-5-13)8-2-3-9(11)10(12)6-8/h2-3,5-7H,4,12H2,1H3. The van der Waals surface area contributed by atoms with Crippen molar-refractivity contribution >= 4 is 27.9 Å². The third-order valence-electron chi connectivity index (χ3n) is 2.04. The average Bonchev–Trinajstić information content (AvgIpc) is 2.10. The maximum Gasteiger partial charge on any atom is 0.120 e. The second-order valence-corrected chi connectivity index (χ2v) is 3.94. The maximum absolute atomic E-state index is 10.3. The third kappa shape index (κ3) is 2.56. The highest BCUT2D eigenvalue weighted by Crippen LogP contribution is 2.25. The van der Waals surface area contributed by atoms with Crippen molar-refractivity contribution in [2.75, 3.05) is 5.73 Å². The molecule has 0 aliphatic carbocycles. The smallest absolute Gasteiger partial charge is 0.120 e. The summed E-state index contributed by atoms with van der Waals surface area (Å²) < 4.78 is 0.898. The first-order valence-electron chi connectivity index (χ1n) is 4.13. The first-order valence-corrected chi connectivity index (χ1v) is 4.93. The third-order valence-corrected chi connectivity index (χ3v) is 2.76. The number of aldehydes is 1. The van der Waals surface area contributed by atoms with Gasteiger partial charge in [0, 0.05) is 16.6 Å². The second-order valence-electron chi connectivity index (χ2n) is 3.08. The molecule has 1 rings (SSSR count). The van der Waals surface area contributed by atoms with E-state index in [1.165, 1.54) is 0 Å². The number of carbonyl (C=O) groups excluding carboxylic acids is 1. The van der Waals surface area contributed by atoms with Gasteiger partial charge in [0.25, 0.3) is 0 Å². The fourth-order valence-electron chi connectivity index (χ4n) is 1.15. The molecule has 0 saturated heterocycles. The zero-order chi connectivity index (χ0) is 9.84. The van der Waals surface area contributed by atoms with E-state index in [4.69, 9.17) is 5.73 Å². The predicted molar refractivity (Wildman–Crippen MR) is 57.7 cm³/mol. The van der Waals surface area contributed by atoms with Gasteiger partial charge in [-0.3, -0.25) is 0 Å². The molecule has 0 saturated carbocycles. The normalized spacial score (nSPS) is 12.5. The van der Waals surface area contributed by atoms with Crippen molar-refractivity contribution in [2.45, 2.75) is 19.3 Å². The van der Waals surface area contributed by atoms with Crippen LogP contribution in [0.2, 0.25) is 0 Å². The van der Waals surface area contributed by atoms with Crippen molar-refractivity contribution < 1.29 is 4.79 Å². The Bertz CT molecular complexity index is 312. The molecule has 0 amide bonds. The van der Waals surface area contributed by atoms with Crippen LogP contribution in [0, 0.1) is 0 Å². The molecule has 0 fully saturated rings. The van der Waals surface area contributed by atoms with Crippen LogP contribution in [0.1, 0.15) is 24.8 Å². The summed E-state index contributed by atoms with van der Waals surface area (Å²) in [4.78, 5) is 10.3. The van der Waals surface area contributed by atoms with Crippen molar-refractivity contribution in [1.82, 2.24) is 0 Å². The molecule has 1 atom stereocenters. The van der Waals surface area contributed by atoms with E-state index in [2.05, 4.69) is 15.9 Å². The molecule has 0 aliphatic heterocycles. The highest BCUT2D eigenvalue weighted by Gasteiger charge is 2.05. The van der Waals surface area contributed by atoms with Gasteiger partial charge in [0.15, 0.2) is 0 Å². The Kier molecular flexibility index (Phi) is 3.48. The van der Waals surface area contributed by atoms with Gasteiger partial charge in [-0.1, -0.05) is 13.0 Å². The number of anilines is 1. The van der Waals surface area contributed by atoms with E-state index in [0.29, 0.717) is 6.42 Å². The number of carbonyl (C=O) groups is 1. The van der Waals surface area contributed by atoms with Crippen LogP contribution >= 0.6 is 15.9 Å². The van der Waals surface area contributed by atoms with E-state index in [1.807, 2.05) is 25.1 Å². The first-order chi connectivity index (χ1) is 6.15. The van der Waals surface area contributed by atoms with E-state index < -0.39 is 0 Å². The number of hydrogen-bond acceptors (Lipinski definition) is 2. The van der Waals surface area contributed by atoms with E-state index in [0.717, 1.165) is 22.0 Å². The molecular weight excluding hydrogens is 230 g/mol. The van der Waals surface area contributed by atoms with Gasteiger partial charge in [0.2, 0.25) is 0 Å². The van der Waals surface area contributed by atoms with Crippen molar-refractivity contribution in [1.29, 1.82) is 0 Å². The van der Waals surface area contributed by atoms with Crippen LogP contribution in [0.4, 0.5) is 5.69 Å². The lowest BCUT2D eigenvalue weighted by Crippen LogP contribution is -1.96. The van der Waals surface area contributed by atoms with Gasteiger partial charge in [0.05, 0.1) is 0 Å². The molecular formula is C10H12BrNO. The average molecular weight is 242 g/mol. The molecule has 0 aromatic heterocycles. The Morgan fingerprint density at radius 2 is 2.31 bits per heavy atom. The molecule has 2 N–H and O–H groups in total. The van der Waals surface area contributed by atoms with Crippen LogP contribution in [0.3, 0.4) is 0 Å². The highest BCUT2D eigenvalue weighted by molar-refractivity contribution is 9.10. The minimum atomic E-state index is 0.243. The van der Waals surface area contributed by atoms with Gasteiger partial charge in [-0.25, -0.2) is 0 Å². The summed E-state index contributed by atoms with van der Waals surface area (Å²) in [6.45, 7) is 2.01. The van der Waals surface area contributed by atoms with Crippen molar-refractivity contribution in [3.63, 3.8) is 0 Å². The zero-order valence-corrected chi connectivity index (χ0v) is 9.04. The molecule has 0 spiro atoms. The SMILES string of the molecule is CC(CC=O)c1ccc(Br)c(N)c1. The van der Waals surface area contributed by atoms with Gasteiger partial charge < -0.3 is 10.5 Å². The monoisotopic (exact) mass is 241 g/mol. The lowest BCUT2D eigenvalue weighted by atomic mass is 9.98. The highest BCUT2D eigenvalue weighted by atomic mass is 79.9. The molecule has 0 radical (unpaired) electrons. The molecule has 70 valence electrons. The largest absolute Gasteiger partial charge is 0.398 e. The Labute approximate surface area is 86.3 Å². The van der Waals surface area contributed by atoms with Gasteiger partial charge in [0.1, 0.15) is 6.29 Å². The summed E-state index contributed by atoms with van der Waals surface area (Å²) in [6.07, 6.45) is 1.48. The Balaban J connectivity index is 2.89. The summed E-state index contributed by atoms with van der Waals surface area (Å²) in [6, 6.07) is 5.79. The van der Waals surface area contributed by atoms with Gasteiger partial charge >= 0.3 is 0 Å². The molecule has 0 heterocycles. The lowest BCUT2D eigenvalue weighted by molar-refractivity contribution is -0.108. The van der Waals surface area contributed by atoms with Crippen LogP contribution in [0.5, 0.6) is 0 Å². The number of nitrogen functional groups attached to an aromatic ring is 1. The molecule has 13 heavy (non-hydrogen) atoms. The maximum atomic E-state index is 10.3. The first kappa shape index (κ1) is 10.3. The van der Waals surface area contributed by atoms with E-state index in [1.54, 1.807) is 0 Å². The van der Waals surface area contributed by atoms with E-state index in [-0.39, 0.29) is 5.92 Å². The number of halogens is 1. The number of rotatable bonds is 3. The van der Waals surface area contributed by atoms with Gasteiger partial charge in [-0.15, -0.1) is 0 Å².